The van der Waals surface area contributed by atoms with Gasteiger partial charge in [0.2, 0.25) is 5.91 Å². The monoisotopic (exact) mass is 385 g/mol. The second-order valence-corrected chi connectivity index (χ2v) is 7.41. The highest BCUT2D eigenvalue weighted by Gasteiger charge is 2.11. The van der Waals surface area contributed by atoms with Gasteiger partial charge in [-0.25, -0.2) is 14.4 Å². The Morgan fingerprint density at radius 3 is 2.54 bits per heavy atom. The number of hydrogen-bond acceptors (Lipinski definition) is 5. The zero-order valence-corrected chi connectivity index (χ0v) is 15.6. The highest BCUT2D eigenvalue weighted by molar-refractivity contribution is 8.02. The Morgan fingerprint density at radius 2 is 1.81 bits per heavy atom. The van der Waals surface area contributed by atoms with Gasteiger partial charge < -0.3 is 5.32 Å². The van der Waals surface area contributed by atoms with Gasteiger partial charge in [-0.15, -0.1) is 0 Å². The van der Waals surface area contributed by atoms with Gasteiger partial charge in [-0.05, 0) is 36.8 Å². The number of carbonyl (C=O) groups is 1. The number of hydrogen-bond donors (Lipinski definition) is 1. The van der Waals surface area contributed by atoms with Gasteiger partial charge in [-0.3, -0.25) is 4.79 Å². The molecule has 0 radical (unpaired) electrons. The maximum atomic E-state index is 13.6. The van der Waals surface area contributed by atoms with Crippen molar-refractivity contribution in [3.63, 3.8) is 0 Å². The molecule has 0 aliphatic carbocycles. The van der Waals surface area contributed by atoms with E-state index in [4.69, 9.17) is 0 Å². The Labute approximate surface area is 159 Å². The van der Waals surface area contributed by atoms with Crippen molar-refractivity contribution in [3.05, 3.63) is 72.3 Å². The highest BCUT2D eigenvalue weighted by Crippen LogP contribution is 2.32. The molecular weight excluding hydrogens is 369 g/mol. The SMILES string of the molecule is Cc1ccc(NC(=O)CSc2nccnc2Sc2ccccc2)cc1F. The van der Waals surface area contributed by atoms with Crippen LogP contribution in [0.15, 0.2) is 75.9 Å². The summed E-state index contributed by atoms with van der Waals surface area (Å²) >= 11 is 2.80. The number of benzene rings is 2. The van der Waals surface area contributed by atoms with Crippen molar-refractivity contribution in [2.45, 2.75) is 21.9 Å². The number of rotatable bonds is 6. The average Bonchev–Trinajstić information content (AvgIpc) is 2.65. The van der Waals surface area contributed by atoms with Gasteiger partial charge in [0.15, 0.2) is 0 Å². The number of aromatic nitrogens is 2. The molecule has 0 saturated carbocycles. The van der Waals surface area contributed by atoms with Crippen molar-refractivity contribution >= 4 is 35.1 Å². The van der Waals surface area contributed by atoms with Crippen molar-refractivity contribution in [1.29, 1.82) is 0 Å². The third kappa shape index (κ3) is 5.06. The second-order valence-electron chi connectivity index (χ2n) is 5.38. The highest BCUT2D eigenvalue weighted by atomic mass is 32.2. The maximum absolute atomic E-state index is 13.6. The summed E-state index contributed by atoms with van der Waals surface area (Å²) in [4.78, 5) is 21.9. The van der Waals surface area contributed by atoms with Crippen LogP contribution in [-0.4, -0.2) is 21.6 Å². The number of aryl methyl sites for hydroxylation is 1. The Hall–Kier alpha value is -2.38. The van der Waals surface area contributed by atoms with E-state index in [9.17, 15) is 9.18 Å². The van der Waals surface area contributed by atoms with Crippen LogP contribution >= 0.6 is 23.5 Å². The third-order valence-corrected chi connectivity index (χ3v) is 5.49. The van der Waals surface area contributed by atoms with E-state index >= 15 is 0 Å². The first-order valence-electron chi connectivity index (χ1n) is 7.84. The molecule has 0 bridgehead atoms. The van der Waals surface area contributed by atoms with Crippen LogP contribution in [0.1, 0.15) is 5.56 Å². The fraction of sp³-hybridized carbons (Fsp3) is 0.105. The molecular formula is C19H16FN3OS2. The number of carbonyl (C=O) groups excluding carboxylic acids is 1. The molecule has 0 atom stereocenters. The standard InChI is InChI=1S/C19H16FN3OS2/c1-13-7-8-14(11-16(13)20)23-17(24)12-25-18-19(22-10-9-21-18)26-15-5-3-2-4-6-15/h2-11H,12H2,1H3,(H,23,24). The smallest absolute Gasteiger partial charge is 0.234 e. The topological polar surface area (TPSA) is 54.9 Å². The van der Waals surface area contributed by atoms with Crippen molar-refractivity contribution in [3.8, 4) is 0 Å². The van der Waals surface area contributed by atoms with Gasteiger partial charge in [0, 0.05) is 23.0 Å². The summed E-state index contributed by atoms with van der Waals surface area (Å²) in [5.41, 5.74) is 0.983. The predicted octanol–water partition coefficient (Wildman–Crippen LogP) is 4.81. The normalized spacial score (nSPS) is 10.5. The largest absolute Gasteiger partial charge is 0.325 e. The lowest BCUT2D eigenvalue weighted by Gasteiger charge is -2.08. The van der Waals surface area contributed by atoms with E-state index in [1.54, 1.807) is 31.5 Å². The summed E-state index contributed by atoms with van der Waals surface area (Å²) in [5, 5.41) is 4.13. The molecule has 26 heavy (non-hydrogen) atoms. The Kier molecular flexibility index (Phi) is 6.25. The van der Waals surface area contributed by atoms with Crippen LogP contribution in [0.3, 0.4) is 0 Å². The zero-order valence-electron chi connectivity index (χ0n) is 14.0. The molecule has 3 rings (SSSR count). The van der Waals surface area contributed by atoms with Crippen LogP contribution in [0.2, 0.25) is 0 Å². The molecule has 7 heteroatoms. The van der Waals surface area contributed by atoms with Gasteiger partial charge in [-0.2, -0.15) is 0 Å². The molecule has 1 N–H and O–H groups in total. The molecule has 0 aliphatic heterocycles. The minimum absolute atomic E-state index is 0.163. The second kappa shape index (κ2) is 8.82. The molecule has 0 saturated heterocycles. The van der Waals surface area contributed by atoms with Crippen LogP contribution in [0.4, 0.5) is 10.1 Å². The number of anilines is 1. The predicted molar refractivity (Wildman–Crippen MR) is 103 cm³/mol. The molecule has 3 aromatic rings. The van der Waals surface area contributed by atoms with Gasteiger partial charge in [0.1, 0.15) is 15.9 Å². The first kappa shape index (κ1) is 18.4. The van der Waals surface area contributed by atoms with Crippen LogP contribution in [0, 0.1) is 12.7 Å². The lowest BCUT2D eigenvalue weighted by atomic mass is 10.2. The van der Waals surface area contributed by atoms with Gasteiger partial charge in [0.05, 0.1) is 5.75 Å². The first-order valence-corrected chi connectivity index (χ1v) is 9.65. The van der Waals surface area contributed by atoms with Crippen LogP contribution < -0.4 is 5.32 Å². The number of halogens is 1. The lowest BCUT2D eigenvalue weighted by Crippen LogP contribution is -2.14. The minimum Gasteiger partial charge on any atom is -0.325 e. The van der Waals surface area contributed by atoms with Gasteiger partial charge in [-0.1, -0.05) is 47.8 Å². The van der Waals surface area contributed by atoms with Crippen LogP contribution in [0.25, 0.3) is 0 Å². The Morgan fingerprint density at radius 1 is 1.08 bits per heavy atom. The molecule has 0 spiro atoms. The summed E-state index contributed by atoms with van der Waals surface area (Å²) in [6.07, 6.45) is 3.23. The molecule has 0 fully saturated rings. The van der Waals surface area contributed by atoms with E-state index in [1.807, 2.05) is 30.3 Å². The molecule has 132 valence electrons. The first-order chi connectivity index (χ1) is 12.6. The number of thioether (sulfide) groups is 1. The zero-order chi connectivity index (χ0) is 18.4. The quantitative estimate of drug-likeness (QED) is 0.618. The minimum atomic E-state index is -0.342. The Balaban J connectivity index is 1.62. The summed E-state index contributed by atoms with van der Waals surface area (Å²) < 4.78 is 13.6. The van der Waals surface area contributed by atoms with Crippen molar-refractivity contribution < 1.29 is 9.18 Å². The lowest BCUT2D eigenvalue weighted by molar-refractivity contribution is -0.113. The molecule has 1 heterocycles. The Bertz CT molecular complexity index is 906. The van der Waals surface area contributed by atoms with Crippen LogP contribution in [-0.2, 0) is 4.79 Å². The van der Waals surface area contributed by atoms with E-state index < -0.39 is 0 Å². The molecule has 2 aromatic carbocycles. The van der Waals surface area contributed by atoms with E-state index in [2.05, 4.69) is 15.3 Å². The molecule has 1 aromatic heterocycles. The number of amides is 1. The molecule has 0 unspecified atom stereocenters. The summed E-state index contributed by atoms with van der Waals surface area (Å²) in [5.74, 6) is -0.401. The van der Waals surface area contributed by atoms with Crippen molar-refractivity contribution in [2.75, 3.05) is 11.1 Å². The van der Waals surface area contributed by atoms with Crippen molar-refractivity contribution in [2.24, 2.45) is 0 Å². The molecule has 4 nitrogen and oxygen atoms in total. The number of nitrogens with zero attached hydrogens (tertiary/aromatic N) is 2. The fourth-order valence-corrected chi connectivity index (χ4v) is 3.81. The van der Waals surface area contributed by atoms with E-state index in [-0.39, 0.29) is 17.5 Å². The van der Waals surface area contributed by atoms with Gasteiger partial charge in [0.25, 0.3) is 0 Å². The summed E-state index contributed by atoms with van der Waals surface area (Å²) in [6.45, 7) is 1.68. The van der Waals surface area contributed by atoms with E-state index in [0.717, 1.165) is 9.92 Å². The van der Waals surface area contributed by atoms with Gasteiger partial charge >= 0.3 is 0 Å². The van der Waals surface area contributed by atoms with E-state index in [1.165, 1.54) is 29.6 Å². The maximum Gasteiger partial charge on any atom is 0.234 e. The van der Waals surface area contributed by atoms with Crippen LogP contribution in [0.5, 0.6) is 0 Å². The number of nitrogens with one attached hydrogen (secondary N) is 1. The molecule has 1 amide bonds. The fourth-order valence-electron chi connectivity index (χ4n) is 2.08. The molecule has 0 aliphatic rings. The average molecular weight is 385 g/mol. The summed E-state index contributed by atoms with van der Waals surface area (Å²) in [7, 11) is 0. The summed E-state index contributed by atoms with van der Waals surface area (Å²) in [6, 6.07) is 14.5. The van der Waals surface area contributed by atoms with Crippen molar-refractivity contribution in [1.82, 2.24) is 9.97 Å². The van der Waals surface area contributed by atoms with E-state index in [0.29, 0.717) is 16.3 Å². The third-order valence-electron chi connectivity index (χ3n) is 3.39.